The molecule has 3 aromatic rings. The van der Waals surface area contributed by atoms with Crippen LogP contribution in [0.4, 0.5) is 0 Å². The molecule has 0 spiro atoms. The van der Waals surface area contributed by atoms with Gasteiger partial charge in [0.15, 0.2) is 0 Å². The minimum Gasteiger partial charge on any atom is -0.242 e. The van der Waals surface area contributed by atoms with Crippen LogP contribution in [0.25, 0.3) is 20.3 Å². The van der Waals surface area contributed by atoms with Crippen molar-refractivity contribution in [3.63, 3.8) is 0 Å². The number of nitrogens with zero attached hydrogens (tertiary/aromatic N) is 1. The van der Waals surface area contributed by atoms with Gasteiger partial charge in [-0.3, -0.25) is 0 Å². The third-order valence-electron chi connectivity index (χ3n) is 4.04. The number of fused-ring (bicyclic) bond motifs is 3. The molecule has 1 fully saturated rings. The lowest BCUT2D eigenvalue weighted by atomic mass is 10.0. The average molecular weight is 253 g/mol. The van der Waals surface area contributed by atoms with Crippen LogP contribution >= 0.6 is 11.3 Å². The summed E-state index contributed by atoms with van der Waals surface area (Å²) < 4.78 is 1.35. The van der Waals surface area contributed by atoms with E-state index in [1.54, 1.807) is 0 Å². The lowest BCUT2D eigenvalue weighted by Crippen LogP contribution is -1.94. The number of hydrogen-bond donors (Lipinski definition) is 0. The Morgan fingerprint density at radius 3 is 2.67 bits per heavy atom. The van der Waals surface area contributed by atoms with Crippen molar-refractivity contribution < 1.29 is 0 Å². The summed E-state index contributed by atoms with van der Waals surface area (Å²) in [5.74, 6) is 0.708. The molecule has 1 aromatic carbocycles. The predicted molar refractivity (Wildman–Crippen MR) is 78.3 cm³/mol. The van der Waals surface area contributed by atoms with Crippen molar-refractivity contribution in [1.29, 1.82) is 0 Å². The highest BCUT2D eigenvalue weighted by Crippen LogP contribution is 2.37. The smallest absolute Gasteiger partial charge is 0.124 e. The summed E-state index contributed by atoms with van der Waals surface area (Å²) in [7, 11) is 0. The zero-order valence-corrected chi connectivity index (χ0v) is 11.0. The van der Waals surface area contributed by atoms with Crippen LogP contribution in [-0.2, 0) is 0 Å². The van der Waals surface area contributed by atoms with Gasteiger partial charge in [0.25, 0.3) is 0 Å². The molecule has 1 saturated carbocycles. The van der Waals surface area contributed by atoms with E-state index in [1.807, 2.05) is 11.3 Å². The highest BCUT2D eigenvalue weighted by atomic mass is 32.1. The molecule has 90 valence electrons. The van der Waals surface area contributed by atoms with Gasteiger partial charge in [-0.05, 0) is 31.0 Å². The van der Waals surface area contributed by atoms with Crippen molar-refractivity contribution in [3.8, 4) is 0 Å². The maximum absolute atomic E-state index is 4.91. The van der Waals surface area contributed by atoms with E-state index in [2.05, 4.69) is 36.4 Å². The number of thiophene rings is 1. The van der Waals surface area contributed by atoms with Crippen molar-refractivity contribution >= 4 is 31.6 Å². The van der Waals surface area contributed by atoms with Gasteiger partial charge in [-0.25, -0.2) is 4.98 Å². The van der Waals surface area contributed by atoms with Gasteiger partial charge in [-0.1, -0.05) is 31.0 Å². The molecule has 1 nitrogen and oxygen atoms in total. The van der Waals surface area contributed by atoms with Crippen LogP contribution in [0.15, 0.2) is 36.4 Å². The topological polar surface area (TPSA) is 12.9 Å². The summed E-state index contributed by atoms with van der Waals surface area (Å²) in [6, 6.07) is 13.1. The van der Waals surface area contributed by atoms with Crippen LogP contribution in [0, 0.1) is 0 Å². The molecule has 1 aliphatic carbocycles. The van der Waals surface area contributed by atoms with Gasteiger partial charge in [-0.15, -0.1) is 11.3 Å². The monoisotopic (exact) mass is 253 g/mol. The standard InChI is InChI=1S/C16H15NS/c1-2-6-11(5-1)14-10-9-13-12-7-3-4-8-15(12)18-16(13)17-14/h3-4,7-11H,1-2,5-6H2. The molecule has 0 N–H and O–H groups in total. The molecule has 0 unspecified atom stereocenters. The van der Waals surface area contributed by atoms with Gasteiger partial charge < -0.3 is 0 Å². The molecule has 0 saturated heterocycles. The summed E-state index contributed by atoms with van der Waals surface area (Å²) in [5, 5.41) is 2.67. The fourth-order valence-corrected chi connectivity index (χ4v) is 4.15. The summed E-state index contributed by atoms with van der Waals surface area (Å²) in [6.45, 7) is 0. The van der Waals surface area contributed by atoms with Gasteiger partial charge in [0.05, 0.1) is 0 Å². The molecular formula is C16H15NS. The molecular weight excluding hydrogens is 238 g/mol. The first kappa shape index (κ1) is 10.5. The van der Waals surface area contributed by atoms with Crippen molar-refractivity contribution in [2.24, 2.45) is 0 Å². The lowest BCUT2D eigenvalue weighted by Gasteiger charge is -2.07. The third kappa shape index (κ3) is 1.56. The number of benzene rings is 1. The number of rotatable bonds is 1. The molecule has 0 atom stereocenters. The molecule has 0 amide bonds. The Balaban J connectivity index is 1.92. The highest BCUT2D eigenvalue weighted by molar-refractivity contribution is 7.25. The zero-order chi connectivity index (χ0) is 11.9. The Morgan fingerprint density at radius 2 is 1.78 bits per heavy atom. The van der Waals surface area contributed by atoms with Gasteiger partial charge in [-0.2, -0.15) is 0 Å². The molecule has 2 heteroatoms. The first-order chi connectivity index (χ1) is 8.92. The Hall–Kier alpha value is -1.41. The quantitative estimate of drug-likeness (QED) is 0.587. The fourth-order valence-electron chi connectivity index (χ4n) is 3.07. The van der Waals surface area contributed by atoms with Crippen LogP contribution in [0.5, 0.6) is 0 Å². The Bertz CT molecular complexity index is 707. The van der Waals surface area contributed by atoms with E-state index in [-0.39, 0.29) is 0 Å². The second kappa shape index (κ2) is 4.06. The number of hydrogen-bond acceptors (Lipinski definition) is 2. The van der Waals surface area contributed by atoms with E-state index in [0.717, 1.165) is 0 Å². The van der Waals surface area contributed by atoms with E-state index in [1.165, 1.54) is 51.7 Å². The van der Waals surface area contributed by atoms with E-state index in [4.69, 9.17) is 4.98 Å². The predicted octanol–water partition coefficient (Wildman–Crippen LogP) is 5.11. The molecule has 0 radical (unpaired) electrons. The summed E-state index contributed by atoms with van der Waals surface area (Å²) >= 11 is 1.82. The van der Waals surface area contributed by atoms with E-state index >= 15 is 0 Å². The minimum atomic E-state index is 0.708. The summed E-state index contributed by atoms with van der Waals surface area (Å²) in [4.78, 5) is 6.12. The lowest BCUT2D eigenvalue weighted by molar-refractivity contribution is 0.702. The SMILES string of the molecule is c1ccc2c(c1)sc1nc(C3CCCC3)ccc12. The van der Waals surface area contributed by atoms with Gasteiger partial charge in [0.2, 0.25) is 0 Å². The first-order valence-electron chi connectivity index (χ1n) is 6.70. The van der Waals surface area contributed by atoms with Crippen molar-refractivity contribution in [2.75, 3.05) is 0 Å². The normalized spacial score (nSPS) is 16.9. The highest BCUT2D eigenvalue weighted by Gasteiger charge is 2.19. The summed E-state index contributed by atoms with van der Waals surface area (Å²) in [5.41, 5.74) is 1.31. The van der Waals surface area contributed by atoms with Gasteiger partial charge in [0, 0.05) is 27.1 Å². The Labute approximate surface area is 110 Å². The van der Waals surface area contributed by atoms with Crippen LogP contribution in [0.3, 0.4) is 0 Å². The minimum absolute atomic E-state index is 0.708. The maximum Gasteiger partial charge on any atom is 0.124 e. The van der Waals surface area contributed by atoms with Gasteiger partial charge in [0.1, 0.15) is 4.83 Å². The largest absolute Gasteiger partial charge is 0.242 e. The molecule has 0 bridgehead atoms. The molecule has 2 heterocycles. The molecule has 1 aliphatic rings. The Kier molecular flexibility index (Phi) is 2.37. The van der Waals surface area contributed by atoms with Crippen LogP contribution in [0.2, 0.25) is 0 Å². The van der Waals surface area contributed by atoms with Crippen molar-refractivity contribution in [1.82, 2.24) is 4.98 Å². The van der Waals surface area contributed by atoms with Crippen molar-refractivity contribution in [2.45, 2.75) is 31.6 Å². The van der Waals surface area contributed by atoms with E-state index in [0.29, 0.717) is 5.92 Å². The second-order valence-electron chi connectivity index (χ2n) is 5.17. The third-order valence-corrected chi connectivity index (χ3v) is 5.12. The molecule has 0 aliphatic heterocycles. The molecule has 4 rings (SSSR count). The van der Waals surface area contributed by atoms with E-state index in [9.17, 15) is 0 Å². The number of aromatic nitrogens is 1. The second-order valence-corrected chi connectivity index (χ2v) is 6.20. The average Bonchev–Trinajstić information content (AvgIpc) is 3.05. The first-order valence-corrected chi connectivity index (χ1v) is 7.52. The summed E-state index contributed by atoms with van der Waals surface area (Å²) in [6.07, 6.45) is 5.39. The van der Waals surface area contributed by atoms with Gasteiger partial charge >= 0.3 is 0 Å². The molecule has 2 aromatic heterocycles. The zero-order valence-electron chi connectivity index (χ0n) is 10.2. The maximum atomic E-state index is 4.91. The number of pyridine rings is 1. The van der Waals surface area contributed by atoms with E-state index < -0.39 is 0 Å². The van der Waals surface area contributed by atoms with Crippen LogP contribution in [0.1, 0.15) is 37.3 Å². The van der Waals surface area contributed by atoms with Crippen LogP contribution in [-0.4, -0.2) is 4.98 Å². The Morgan fingerprint density at radius 1 is 0.944 bits per heavy atom. The fraction of sp³-hybridized carbons (Fsp3) is 0.312. The van der Waals surface area contributed by atoms with Crippen LogP contribution < -0.4 is 0 Å². The molecule has 18 heavy (non-hydrogen) atoms. The van der Waals surface area contributed by atoms with Crippen molar-refractivity contribution in [3.05, 3.63) is 42.1 Å².